The van der Waals surface area contributed by atoms with E-state index in [0.29, 0.717) is 66.7 Å². The van der Waals surface area contributed by atoms with Crippen molar-refractivity contribution in [3.8, 4) is 34.0 Å². The fraction of sp³-hybridized carbons (Fsp3) is 0.273. The van der Waals surface area contributed by atoms with E-state index in [1.807, 2.05) is 0 Å². The molecule has 344 valence electrons. The van der Waals surface area contributed by atoms with Crippen LogP contribution < -0.4 is 20.1 Å². The van der Waals surface area contributed by atoms with Crippen molar-refractivity contribution < 1.29 is 39.5 Å². The Kier molecular flexibility index (Phi) is 13.7. The quantitative estimate of drug-likeness (QED) is 0.0812. The number of hydrogen-bond donors (Lipinski definition) is 6. The molecule has 22 heteroatoms. The molecule has 0 aliphatic heterocycles. The first-order chi connectivity index (χ1) is 31.3. The Morgan fingerprint density at radius 2 is 1.08 bits per heavy atom. The van der Waals surface area contributed by atoms with Crippen LogP contribution in [0.2, 0.25) is 10.0 Å². The maximum Gasteiger partial charge on any atom is 0.261 e. The zero-order valence-electron chi connectivity index (χ0n) is 36.5. The SMILES string of the molecule is COc1ccc(Cl)cc1-c1nn(C[C@@H](O)C(C)(C)O)cc1NC(=O)c1cnn2cccnc12.COc1ccc(Cl)cc1-c1nn(C[C@H](O)C(C)(C)O)cc1NC(=O)c1cnn2cccnc12. The lowest BCUT2D eigenvalue weighted by molar-refractivity contribution is -0.0566. The van der Waals surface area contributed by atoms with E-state index in [2.05, 4.69) is 41.0 Å². The Hall–Kier alpha value is -6.94. The predicted molar refractivity (Wildman–Crippen MR) is 245 cm³/mol. The number of anilines is 2. The van der Waals surface area contributed by atoms with Gasteiger partial charge in [-0.15, -0.1) is 0 Å². The molecule has 66 heavy (non-hydrogen) atoms. The maximum atomic E-state index is 13.1. The van der Waals surface area contributed by atoms with Crippen molar-refractivity contribution in [1.82, 2.24) is 48.8 Å². The minimum atomic E-state index is -1.34. The van der Waals surface area contributed by atoms with Crippen LogP contribution in [-0.4, -0.2) is 119 Å². The van der Waals surface area contributed by atoms with Crippen LogP contribution in [0.5, 0.6) is 11.5 Å². The normalized spacial score (nSPS) is 12.7. The van der Waals surface area contributed by atoms with Gasteiger partial charge in [0.05, 0.1) is 62.3 Å². The zero-order chi connectivity index (χ0) is 47.5. The number of hydrogen-bond acceptors (Lipinski definition) is 14. The fourth-order valence-electron chi connectivity index (χ4n) is 6.50. The average Bonchev–Trinajstić information content (AvgIpc) is 4.08. The molecule has 0 aliphatic rings. The van der Waals surface area contributed by atoms with Gasteiger partial charge in [-0.05, 0) is 76.2 Å². The number of aromatic nitrogens is 10. The summed E-state index contributed by atoms with van der Waals surface area (Å²) in [6, 6.07) is 13.5. The third-order valence-corrected chi connectivity index (χ3v) is 10.7. The van der Waals surface area contributed by atoms with Gasteiger partial charge in [0.15, 0.2) is 11.3 Å². The molecular formula is C44H46Cl2N12O8. The number of fused-ring (bicyclic) bond motifs is 2. The summed E-state index contributed by atoms with van der Waals surface area (Å²) in [5.74, 6) is 0.128. The summed E-state index contributed by atoms with van der Waals surface area (Å²) in [5.41, 5.74) is 1.28. The van der Waals surface area contributed by atoms with Gasteiger partial charge in [-0.25, -0.2) is 19.0 Å². The van der Waals surface area contributed by atoms with Crippen LogP contribution in [0.1, 0.15) is 48.4 Å². The molecule has 8 rings (SSSR count). The van der Waals surface area contributed by atoms with Crippen LogP contribution in [-0.2, 0) is 13.1 Å². The van der Waals surface area contributed by atoms with Crippen molar-refractivity contribution in [3.05, 3.63) is 119 Å². The number of benzene rings is 2. The lowest BCUT2D eigenvalue weighted by Gasteiger charge is -2.24. The number of rotatable bonds is 14. The number of aliphatic hydroxyl groups excluding tert-OH is 2. The molecule has 2 atom stereocenters. The van der Waals surface area contributed by atoms with Gasteiger partial charge in [-0.2, -0.15) is 20.4 Å². The lowest BCUT2D eigenvalue weighted by atomic mass is 10.0. The highest BCUT2D eigenvalue weighted by Gasteiger charge is 2.29. The fourth-order valence-corrected chi connectivity index (χ4v) is 6.84. The monoisotopic (exact) mass is 940 g/mol. The number of methoxy groups -OCH3 is 2. The molecule has 0 radical (unpaired) electrons. The Bertz CT molecular complexity index is 2820. The summed E-state index contributed by atoms with van der Waals surface area (Å²) in [7, 11) is 3.04. The first kappa shape index (κ1) is 47.0. The number of halogens is 2. The number of nitrogens with zero attached hydrogens (tertiary/aromatic N) is 10. The second-order valence-corrected chi connectivity index (χ2v) is 16.9. The average molecular weight is 942 g/mol. The van der Waals surface area contributed by atoms with E-state index in [1.54, 1.807) is 85.7 Å². The van der Waals surface area contributed by atoms with E-state index in [4.69, 9.17) is 32.7 Å². The van der Waals surface area contributed by atoms with E-state index in [9.17, 15) is 30.0 Å². The standard InChI is InChI=1S/2C22H23ClN6O4/c2*1-22(2,32)18(30)12-28-11-16(19(27-28)14-9-13(23)5-6-17(14)33-3)26-21(31)15-10-25-29-8-4-7-24-20(15)29/h2*4-11,18,30,32H,12H2,1-3H3,(H,26,31)/t2*18-/m10/s1. The van der Waals surface area contributed by atoms with Gasteiger partial charge in [-0.3, -0.25) is 19.0 Å². The largest absolute Gasteiger partial charge is 0.496 e. The van der Waals surface area contributed by atoms with Crippen molar-refractivity contribution >= 4 is 57.7 Å². The second-order valence-electron chi connectivity index (χ2n) is 16.1. The minimum absolute atomic E-state index is 0.00643. The van der Waals surface area contributed by atoms with Gasteiger partial charge < -0.3 is 40.5 Å². The molecule has 2 aromatic carbocycles. The number of carbonyl (C=O) groups excluding carboxylic acids is 2. The third-order valence-electron chi connectivity index (χ3n) is 10.3. The molecule has 6 heterocycles. The number of nitrogens with one attached hydrogen (secondary N) is 2. The summed E-state index contributed by atoms with van der Waals surface area (Å²) < 4.78 is 16.8. The predicted octanol–water partition coefficient (Wildman–Crippen LogP) is 5.28. The van der Waals surface area contributed by atoms with Gasteiger partial charge in [-0.1, -0.05) is 23.2 Å². The zero-order valence-corrected chi connectivity index (χ0v) is 38.0. The Balaban J connectivity index is 0.000000196. The van der Waals surface area contributed by atoms with Crippen molar-refractivity contribution in [3.63, 3.8) is 0 Å². The van der Waals surface area contributed by atoms with Crippen molar-refractivity contribution in [2.75, 3.05) is 24.9 Å². The Morgan fingerprint density at radius 3 is 1.44 bits per heavy atom. The van der Waals surface area contributed by atoms with Crippen molar-refractivity contribution in [1.29, 1.82) is 0 Å². The number of carbonyl (C=O) groups is 2. The molecule has 0 spiro atoms. The first-order valence-electron chi connectivity index (χ1n) is 20.2. The maximum absolute atomic E-state index is 13.1. The molecule has 0 fully saturated rings. The first-order valence-corrected chi connectivity index (χ1v) is 20.9. The highest BCUT2D eigenvalue weighted by Crippen LogP contribution is 2.38. The molecule has 6 N–H and O–H groups in total. The minimum Gasteiger partial charge on any atom is -0.496 e. The van der Waals surface area contributed by atoms with Gasteiger partial charge in [0.1, 0.15) is 46.2 Å². The lowest BCUT2D eigenvalue weighted by Crippen LogP contribution is -2.39. The molecule has 0 bridgehead atoms. The molecule has 20 nitrogen and oxygen atoms in total. The van der Waals surface area contributed by atoms with Gasteiger partial charge in [0.25, 0.3) is 11.8 Å². The van der Waals surface area contributed by atoms with Crippen LogP contribution in [0.4, 0.5) is 11.4 Å². The Labute approximate surface area is 387 Å². The molecule has 0 aliphatic carbocycles. The van der Waals surface area contributed by atoms with Gasteiger partial charge >= 0.3 is 0 Å². The summed E-state index contributed by atoms with van der Waals surface area (Å²) >= 11 is 12.4. The molecule has 6 aromatic heterocycles. The number of amides is 2. The molecule has 0 saturated carbocycles. The topological polar surface area (TPSA) is 254 Å². The van der Waals surface area contributed by atoms with E-state index in [0.717, 1.165) is 0 Å². The summed E-state index contributed by atoms with van der Waals surface area (Å²) in [4.78, 5) is 34.6. The Morgan fingerprint density at radius 1 is 0.682 bits per heavy atom. The van der Waals surface area contributed by atoms with Crippen LogP contribution >= 0.6 is 23.2 Å². The molecule has 8 aromatic rings. The highest BCUT2D eigenvalue weighted by atomic mass is 35.5. The smallest absolute Gasteiger partial charge is 0.261 e. The van der Waals surface area contributed by atoms with Crippen molar-refractivity contribution in [2.24, 2.45) is 0 Å². The second kappa shape index (κ2) is 19.3. The molecule has 2 amide bonds. The molecule has 0 unspecified atom stereocenters. The summed E-state index contributed by atoms with van der Waals surface area (Å²) in [6.45, 7) is 6.00. The van der Waals surface area contributed by atoms with E-state index in [-0.39, 0.29) is 24.2 Å². The summed E-state index contributed by atoms with van der Waals surface area (Å²) in [6.07, 6.45) is 10.3. The van der Waals surface area contributed by atoms with Gasteiger partial charge in [0, 0.05) is 58.4 Å². The van der Waals surface area contributed by atoms with Crippen LogP contribution in [0.3, 0.4) is 0 Å². The molecular weight excluding hydrogens is 895 g/mol. The summed E-state index contributed by atoms with van der Waals surface area (Å²) in [5, 5.41) is 64.9. The third kappa shape index (κ3) is 10.4. The van der Waals surface area contributed by atoms with E-state index < -0.39 is 35.2 Å². The highest BCUT2D eigenvalue weighted by molar-refractivity contribution is 6.31. The van der Waals surface area contributed by atoms with E-state index in [1.165, 1.54) is 72.7 Å². The van der Waals surface area contributed by atoms with Crippen molar-refractivity contribution in [2.45, 2.75) is 64.2 Å². The molecule has 0 saturated heterocycles. The van der Waals surface area contributed by atoms with Crippen LogP contribution in [0.15, 0.2) is 98.1 Å². The van der Waals surface area contributed by atoms with Gasteiger partial charge in [0.2, 0.25) is 0 Å². The van der Waals surface area contributed by atoms with Crippen LogP contribution in [0.25, 0.3) is 33.8 Å². The number of aliphatic hydroxyl groups is 4. The van der Waals surface area contributed by atoms with E-state index >= 15 is 0 Å². The number of ether oxygens (including phenoxy) is 2. The van der Waals surface area contributed by atoms with Crippen LogP contribution in [0, 0.1) is 0 Å².